The molecule has 0 bridgehead atoms. The van der Waals surface area contributed by atoms with Crippen LogP contribution in [0.1, 0.15) is 142 Å². The molecule has 228 valence electrons. The van der Waals surface area contributed by atoms with Crippen LogP contribution >= 0.6 is 0 Å². The third-order valence-corrected chi connectivity index (χ3v) is 11.1. The number of hydrogen-bond donors (Lipinski definition) is 2. The van der Waals surface area contributed by atoms with Crippen molar-refractivity contribution in [3.8, 4) is 0 Å². The molecule has 0 aromatic rings. The highest BCUT2D eigenvalue weighted by molar-refractivity contribution is 5.80. The molecule has 6 heteroatoms. The lowest BCUT2D eigenvalue weighted by atomic mass is 9.69. The van der Waals surface area contributed by atoms with E-state index in [1.807, 2.05) is 13.8 Å². The second-order valence-electron chi connectivity index (χ2n) is 13.7. The topological polar surface area (TPSA) is 81.1 Å². The second-order valence-corrected chi connectivity index (χ2v) is 13.7. The van der Waals surface area contributed by atoms with Gasteiger partial charge in [-0.05, 0) is 94.8 Å². The lowest BCUT2D eigenvalue weighted by Crippen LogP contribution is -2.56. The average molecular weight is 559 g/mol. The summed E-state index contributed by atoms with van der Waals surface area (Å²) in [6, 6.07) is -1.28. The van der Waals surface area contributed by atoms with Gasteiger partial charge in [-0.15, -0.1) is 0 Å². The first kappa shape index (κ1) is 31.5. The molecule has 0 aromatic carbocycles. The van der Waals surface area contributed by atoms with Gasteiger partial charge in [-0.1, -0.05) is 83.3 Å². The monoisotopic (exact) mass is 558 g/mol. The van der Waals surface area contributed by atoms with Crippen molar-refractivity contribution in [2.75, 3.05) is 0 Å². The number of allylic oxidation sites excluding steroid dienone is 2. The Morgan fingerprint density at radius 3 is 1.62 bits per heavy atom. The fourth-order valence-corrected chi connectivity index (χ4v) is 8.84. The van der Waals surface area contributed by atoms with Crippen molar-refractivity contribution in [3.63, 3.8) is 0 Å². The van der Waals surface area contributed by atoms with Crippen LogP contribution in [0.2, 0.25) is 0 Å². The maximum absolute atomic E-state index is 14.2. The van der Waals surface area contributed by atoms with Crippen LogP contribution in [-0.2, 0) is 9.59 Å². The minimum Gasteiger partial charge on any atom is -0.286 e. The maximum atomic E-state index is 14.2. The lowest BCUT2D eigenvalue weighted by Gasteiger charge is -2.42. The van der Waals surface area contributed by atoms with Gasteiger partial charge in [0.1, 0.15) is 0 Å². The summed E-state index contributed by atoms with van der Waals surface area (Å²) in [5, 5.41) is 25.0. The molecule has 40 heavy (non-hydrogen) atoms. The Morgan fingerprint density at radius 1 is 0.700 bits per heavy atom. The van der Waals surface area contributed by atoms with Crippen molar-refractivity contribution < 1.29 is 20.0 Å². The molecule has 0 heterocycles. The molecule has 4 aliphatic rings. The Labute approximate surface area is 243 Å². The SMILES string of the molecule is CCCC(C(C)N(O)C(=O)C(C1C=CCCC1)C1CCCCC1)N(O)C(=O)C(C1CCCCC1)C1CCCCC1. The summed E-state index contributed by atoms with van der Waals surface area (Å²) in [4.78, 5) is 28.2. The van der Waals surface area contributed by atoms with Crippen LogP contribution in [0.4, 0.5) is 0 Å². The van der Waals surface area contributed by atoms with E-state index in [1.54, 1.807) is 0 Å². The quantitative estimate of drug-likeness (QED) is 0.152. The molecule has 4 aliphatic carbocycles. The van der Waals surface area contributed by atoms with Crippen LogP contribution in [0.25, 0.3) is 0 Å². The Bertz CT molecular complexity index is 795. The van der Waals surface area contributed by atoms with Gasteiger partial charge in [0.15, 0.2) is 0 Å². The molecule has 0 aliphatic heterocycles. The van der Waals surface area contributed by atoms with Crippen LogP contribution in [0, 0.1) is 35.5 Å². The van der Waals surface area contributed by atoms with E-state index in [-0.39, 0.29) is 35.5 Å². The van der Waals surface area contributed by atoms with Crippen molar-refractivity contribution in [2.45, 2.75) is 154 Å². The van der Waals surface area contributed by atoms with Gasteiger partial charge in [-0.3, -0.25) is 20.0 Å². The van der Waals surface area contributed by atoms with E-state index >= 15 is 0 Å². The molecule has 2 amide bonds. The molecule has 4 unspecified atom stereocenters. The van der Waals surface area contributed by atoms with Crippen molar-refractivity contribution in [1.82, 2.24) is 10.1 Å². The highest BCUT2D eigenvalue weighted by Gasteiger charge is 2.44. The number of nitrogens with zero attached hydrogens (tertiary/aromatic N) is 2. The first-order chi connectivity index (χ1) is 19.4. The minimum absolute atomic E-state index is 0.151. The number of carbonyl (C=O) groups excluding carboxylic acids is 2. The highest BCUT2D eigenvalue weighted by Crippen LogP contribution is 2.42. The van der Waals surface area contributed by atoms with E-state index in [0.29, 0.717) is 18.3 Å². The molecule has 0 spiro atoms. The molecule has 6 nitrogen and oxygen atoms in total. The van der Waals surface area contributed by atoms with Crippen LogP contribution in [0.3, 0.4) is 0 Å². The number of hydrogen-bond acceptors (Lipinski definition) is 4. The maximum Gasteiger partial charge on any atom is 0.250 e. The zero-order valence-electron chi connectivity index (χ0n) is 25.5. The molecule has 3 fully saturated rings. The van der Waals surface area contributed by atoms with Crippen LogP contribution in [-0.4, -0.2) is 44.4 Å². The fraction of sp³-hybridized carbons (Fsp3) is 0.882. The molecule has 0 saturated heterocycles. The smallest absolute Gasteiger partial charge is 0.250 e. The summed E-state index contributed by atoms with van der Waals surface area (Å²) in [5.74, 6) is 0.348. The van der Waals surface area contributed by atoms with Crippen molar-refractivity contribution in [2.24, 2.45) is 35.5 Å². The van der Waals surface area contributed by atoms with Gasteiger partial charge in [0.2, 0.25) is 11.8 Å². The number of hydroxylamine groups is 4. The summed E-state index contributed by atoms with van der Waals surface area (Å²) < 4.78 is 0. The van der Waals surface area contributed by atoms with E-state index in [2.05, 4.69) is 12.2 Å². The van der Waals surface area contributed by atoms with E-state index in [1.165, 1.54) is 44.9 Å². The summed E-state index contributed by atoms with van der Waals surface area (Å²) >= 11 is 0. The zero-order valence-corrected chi connectivity index (χ0v) is 25.5. The Hall–Kier alpha value is -1.40. The van der Waals surface area contributed by atoms with Crippen LogP contribution in [0.15, 0.2) is 12.2 Å². The van der Waals surface area contributed by atoms with Crippen molar-refractivity contribution >= 4 is 11.8 Å². The third-order valence-electron chi connectivity index (χ3n) is 11.1. The number of amides is 2. The van der Waals surface area contributed by atoms with Gasteiger partial charge < -0.3 is 0 Å². The molecule has 4 rings (SSSR count). The molecule has 0 aromatic heterocycles. The standard InChI is InChI=1S/C34H58N2O4/c1-3-16-30(36(40)34(38)32(28-21-12-6-13-22-28)29-23-14-7-15-24-29)25(2)35(39)33(37)31(26-17-8-4-9-18-26)27-19-10-5-11-20-27/h8,17,25-32,39-40H,3-7,9-16,18-24H2,1-2H3. The van der Waals surface area contributed by atoms with Crippen molar-refractivity contribution in [1.29, 1.82) is 0 Å². The first-order valence-corrected chi connectivity index (χ1v) is 17.1. The average Bonchev–Trinajstić information content (AvgIpc) is 3.01. The predicted molar refractivity (Wildman–Crippen MR) is 159 cm³/mol. The predicted octanol–water partition coefficient (Wildman–Crippen LogP) is 8.31. The van der Waals surface area contributed by atoms with Crippen LogP contribution in [0.5, 0.6) is 0 Å². The van der Waals surface area contributed by atoms with Gasteiger partial charge in [-0.25, -0.2) is 10.1 Å². The Kier molecular flexibility index (Phi) is 12.4. The van der Waals surface area contributed by atoms with Crippen molar-refractivity contribution in [3.05, 3.63) is 12.2 Å². The summed E-state index contributed by atoms with van der Waals surface area (Å²) in [6.45, 7) is 3.86. The second kappa shape index (κ2) is 15.7. The summed E-state index contributed by atoms with van der Waals surface area (Å²) in [5.41, 5.74) is 0. The van der Waals surface area contributed by atoms with Gasteiger partial charge >= 0.3 is 0 Å². The number of carbonyl (C=O) groups is 2. The lowest BCUT2D eigenvalue weighted by molar-refractivity contribution is -0.215. The Morgan fingerprint density at radius 2 is 1.18 bits per heavy atom. The van der Waals surface area contributed by atoms with E-state index in [9.17, 15) is 20.0 Å². The fourth-order valence-electron chi connectivity index (χ4n) is 8.84. The van der Waals surface area contributed by atoms with Gasteiger partial charge in [0.25, 0.3) is 0 Å². The summed E-state index contributed by atoms with van der Waals surface area (Å²) in [6.07, 6.45) is 25.8. The molecule has 0 radical (unpaired) electrons. The van der Waals surface area contributed by atoms with Gasteiger partial charge in [-0.2, -0.15) is 0 Å². The highest BCUT2D eigenvalue weighted by atomic mass is 16.5. The molecule has 3 saturated carbocycles. The molecular formula is C34H58N2O4. The van der Waals surface area contributed by atoms with Gasteiger partial charge in [0.05, 0.1) is 12.1 Å². The van der Waals surface area contributed by atoms with Crippen LogP contribution < -0.4 is 0 Å². The van der Waals surface area contributed by atoms with E-state index in [0.717, 1.165) is 87.2 Å². The largest absolute Gasteiger partial charge is 0.286 e. The number of rotatable bonds is 11. The van der Waals surface area contributed by atoms with Gasteiger partial charge in [0, 0.05) is 11.8 Å². The van der Waals surface area contributed by atoms with E-state index in [4.69, 9.17) is 0 Å². The molecule has 4 atom stereocenters. The molecule has 2 N–H and O–H groups in total. The third kappa shape index (κ3) is 7.70. The molecular weight excluding hydrogens is 500 g/mol. The zero-order chi connectivity index (χ0) is 28.5. The summed E-state index contributed by atoms with van der Waals surface area (Å²) in [7, 11) is 0. The van der Waals surface area contributed by atoms with E-state index < -0.39 is 12.1 Å². The Balaban J connectivity index is 1.53. The minimum atomic E-state index is -0.668. The first-order valence-electron chi connectivity index (χ1n) is 17.1. The normalized spacial score (nSPS) is 25.9.